The van der Waals surface area contributed by atoms with Crippen LogP contribution in [-0.4, -0.2) is 20.6 Å². The Morgan fingerprint density at radius 3 is 2.24 bits per heavy atom. The molecule has 1 aromatic heterocycles. The maximum atomic E-state index is 11.7. The van der Waals surface area contributed by atoms with E-state index in [1.807, 2.05) is 60.7 Å². The van der Waals surface area contributed by atoms with E-state index in [2.05, 4.69) is 4.98 Å². The van der Waals surface area contributed by atoms with Gasteiger partial charge in [0.2, 0.25) is 0 Å². The number of aliphatic carboxylic acids is 1. The summed E-state index contributed by atoms with van der Waals surface area (Å²) in [4.78, 5) is 16.0. The molecule has 0 bridgehead atoms. The molecule has 0 aliphatic heterocycles. The average Bonchev–Trinajstić information content (AvgIpc) is 2.98. The molecule has 21 heavy (non-hydrogen) atoms. The number of hydrogen-bond acceptors (Lipinski definition) is 2. The highest BCUT2D eigenvalue weighted by Gasteiger charge is 2.24. The van der Waals surface area contributed by atoms with Crippen molar-refractivity contribution in [2.24, 2.45) is 0 Å². The zero-order chi connectivity index (χ0) is 14.7. The van der Waals surface area contributed by atoms with E-state index in [1.165, 1.54) is 0 Å². The van der Waals surface area contributed by atoms with Gasteiger partial charge in [0.1, 0.15) is 5.82 Å². The Hall–Kier alpha value is -2.88. The summed E-state index contributed by atoms with van der Waals surface area (Å²) in [5.74, 6) is -0.261. The van der Waals surface area contributed by atoms with Gasteiger partial charge in [-0.2, -0.15) is 0 Å². The van der Waals surface area contributed by atoms with E-state index < -0.39 is 12.0 Å². The molecule has 2 aromatic carbocycles. The van der Waals surface area contributed by atoms with Gasteiger partial charge in [-0.15, -0.1) is 0 Å². The molecular formula is C17H14N2O2. The lowest BCUT2D eigenvalue weighted by molar-refractivity contribution is -0.139. The first-order chi connectivity index (χ1) is 10.3. The monoisotopic (exact) mass is 278 g/mol. The molecule has 0 aliphatic carbocycles. The van der Waals surface area contributed by atoms with E-state index in [9.17, 15) is 9.90 Å². The van der Waals surface area contributed by atoms with Crippen LogP contribution in [0.3, 0.4) is 0 Å². The van der Waals surface area contributed by atoms with Crippen LogP contribution in [0.2, 0.25) is 0 Å². The summed E-state index contributed by atoms with van der Waals surface area (Å²) in [7, 11) is 0. The molecule has 4 nitrogen and oxygen atoms in total. The molecule has 0 amide bonds. The Balaban J connectivity index is 2.11. The topological polar surface area (TPSA) is 55.1 Å². The van der Waals surface area contributed by atoms with Crippen molar-refractivity contribution in [2.75, 3.05) is 0 Å². The minimum atomic E-state index is -0.906. The summed E-state index contributed by atoms with van der Waals surface area (Å²) < 4.78 is 1.69. The molecule has 1 atom stereocenters. The SMILES string of the molecule is O=C(O)C(c1ccccc1)n1ccnc1-c1ccccc1. The molecule has 0 saturated heterocycles. The van der Waals surface area contributed by atoms with Gasteiger partial charge in [0.05, 0.1) is 0 Å². The first kappa shape index (κ1) is 13.1. The number of rotatable bonds is 4. The van der Waals surface area contributed by atoms with E-state index in [-0.39, 0.29) is 0 Å². The van der Waals surface area contributed by atoms with Gasteiger partial charge < -0.3 is 9.67 Å². The number of benzene rings is 2. The van der Waals surface area contributed by atoms with Crippen molar-refractivity contribution < 1.29 is 9.90 Å². The second-order valence-electron chi connectivity index (χ2n) is 4.68. The van der Waals surface area contributed by atoms with Crippen LogP contribution in [0.5, 0.6) is 0 Å². The number of carboxylic acids is 1. The fourth-order valence-electron chi connectivity index (χ4n) is 2.39. The highest BCUT2D eigenvalue weighted by atomic mass is 16.4. The third-order valence-electron chi connectivity index (χ3n) is 3.33. The average molecular weight is 278 g/mol. The predicted octanol–water partition coefficient (Wildman–Crippen LogP) is 3.22. The van der Waals surface area contributed by atoms with Gasteiger partial charge >= 0.3 is 5.97 Å². The third-order valence-corrected chi connectivity index (χ3v) is 3.33. The number of carboxylic acid groups (broad SMARTS) is 1. The Kier molecular flexibility index (Phi) is 3.51. The van der Waals surface area contributed by atoms with Crippen LogP contribution in [-0.2, 0) is 4.79 Å². The number of nitrogens with zero attached hydrogens (tertiary/aromatic N) is 2. The van der Waals surface area contributed by atoms with E-state index in [4.69, 9.17) is 0 Å². The van der Waals surface area contributed by atoms with Gasteiger partial charge in [0.15, 0.2) is 6.04 Å². The van der Waals surface area contributed by atoms with E-state index in [0.29, 0.717) is 5.82 Å². The van der Waals surface area contributed by atoms with Crippen molar-refractivity contribution in [3.63, 3.8) is 0 Å². The molecule has 4 heteroatoms. The van der Waals surface area contributed by atoms with Gasteiger partial charge in [-0.05, 0) is 5.56 Å². The van der Waals surface area contributed by atoms with Crippen LogP contribution < -0.4 is 0 Å². The second-order valence-corrected chi connectivity index (χ2v) is 4.68. The van der Waals surface area contributed by atoms with E-state index in [0.717, 1.165) is 11.1 Å². The molecule has 3 rings (SSSR count). The Bertz CT molecular complexity index is 736. The third kappa shape index (κ3) is 2.56. The second kappa shape index (κ2) is 5.63. The maximum Gasteiger partial charge on any atom is 0.331 e. The van der Waals surface area contributed by atoms with E-state index >= 15 is 0 Å². The molecule has 3 aromatic rings. The molecule has 0 radical (unpaired) electrons. The molecular weight excluding hydrogens is 264 g/mol. The van der Waals surface area contributed by atoms with Crippen molar-refractivity contribution in [3.8, 4) is 11.4 Å². The van der Waals surface area contributed by atoms with Crippen molar-refractivity contribution in [3.05, 3.63) is 78.6 Å². The van der Waals surface area contributed by atoms with Crippen molar-refractivity contribution in [1.82, 2.24) is 9.55 Å². The fourth-order valence-corrected chi connectivity index (χ4v) is 2.39. The van der Waals surface area contributed by atoms with Crippen molar-refractivity contribution in [1.29, 1.82) is 0 Å². The molecule has 1 unspecified atom stereocenters. The summed E-state index contributed by atoms with van der Waals surface area (Å²) in [5, 5.41) is 9.62. The summed E-state index contributed by atoms with van der Waals surface area (Å²) in [6.07, 6.45) is 3.33. The molecule has 1 N–H and O–H groups in total. The molecule has 0 aliphatic rings. The van der Waals surface area contributed by atoms with Gasteiger partial charge in [-0.25, -0.2) is 9.78 Å². The van der Waals surface area contributed by atoms with Crippen LogP contribution in [0.25, 0.3) is 11.4 Å². The lowest BCUT2D eigenvalue weighted by atomic mass is 10.1. The number of carbonyl (C=O) groups is 1. The minimum Gasteiger partial charge on any atom is -0.479 e. The largest absolute Gasteiger partial charge is 0.479 e. The highest BCUT2D eigenvalue weighted by molar-refractivity contribution is 5.77. The maximum absolute atomic E-state index is 11.7. The van der Waals surface area contributed by atoms with Gasteiger partial charge in [0, 0.05) is 18.0 Å². The van der Waals surface area contributed by atoms with Crippen LogP contribution >= 0.6 is 0 Å². The number of imidazole rings is 1. The summed E-state index contributed by atoms with van der Waals surface area (Å²) in [6.45, 7) is 0. The van der Waals surface area contributed by atoms with Crippen LogP contribution in [0.15, 0.2) is 73.1 Å². The Labute approximate surface area is 122 Å². The summed E-state index contributed by atoms with van der Waals surface area (Å²) in [6, 6.07) is 18.0. The zero-order valence-corrected chi connectivity index (χ0v) is 11.3. The Morgan fingerprint density at radius 2 is 1.62 bits per heavy atom. The van der Waals surface area contributed by atoms with Crippen molar-refractivity contribution >= 4 is 5.97 Å². The molecule has 0 saturated carbocycles. The molecule has 0 spiro atoms. The standard InChI is InChI=1S/C17H14N2O2/c20-17(21)15(13-7-3-1-4-8-13)19-12-11-18-16(19)14-9-5-2-6-10-14/h1-12,15H,(H,20,21). The van der Waals surface area contributed by atoms with Crippen molar-refractivity contribution in [2.45, 2.75) is 6.04 Å². The summed E-state index contributed by atoms with van der Waals surface area (Å²) in [5.41, 5.74) is 1.62. The quantitative estimate of drug-likeness (QED) is 0.797. The lowest BCUT2D eigenvalue weighted by Crippen LogP contribution is -2.20. The lowest BCUT2D eigenvalue weighted by Gasteiger charge is -2.17. The van der Waals surface area contributed by atoms with Crippen LogP contribution in [0.1, 0.15) is 11.6 Å². The van der Waals surface area contributed by atoms with Gasteiger partial charge in [0.25, 0.3) is 0 Å². The predicted molar refractivity (Wildman–Crippen MR) is 79.9 cm³/mol. The Morgan fingerprint density at radius 1 is 1.00 bits per heavy atom. The van der Waals surface area contributed by atoms with Crippen LogP contribution in [0.4, 0.5) is 0 Å². The number of hydrogen-bond donors (Lipinski definition) is 1. The first-order valence-corrected chi connectivity index (χ1v) is 6.63. The first-order valence-electron chi connectivity index (χ1n) is 6.63. The fraction of sp³-hybridized carbons (Fsp3) is 0.0588. The molecule has 104 valence electrons. The molecule has 0 fully saturated rings. The van der Waals surface area contributed by atoms with E-state index in [1.54, 1.807) is 17.0 Å². The normalized spacial score (nSPS) is 12.0. The zero-order valence-electron chi connectivity index (χ0n) is 11.3. The molecule has 1 heterocycles. The summed E-state index contributed by atoms with van der Waals surface area (Å²) >= 11 is 0. The van der Waals surface area contributed by atoms with Gasteiger partial charge in [-0.1, -0.05) is 60.7 Å². The van der Waals surface area contributed by atoms with Crippen LogP contribution in [0, 0.1) is 0 Å². The smallest absolute Gasteiger partial charge is 0.331 e. The number of aromatic nitrogens is 2. The highest BCUT2D eigenvalue weighted by Crippen LogP contribution is 2.25. The minimum absolute atomic E-state index is 0.645. The van der Waals surface area contributed by atoms with Gasteiger partial charge in [-0.3, -0.25) is 0 Å².